The molecule has 0 saturated carbocycles. The Labute approximate surface area is 105 Å². The average molecular weight is 250 g/mol. The summed E-state index contributed by atoms with van der Waals surface area (Å²) in [6, 6.07) is 5.25. The molecule has 3 N–H and O–H groups in total. The van der Waals surface area contributed by atoms with Crippen molar-refractivity contribution in [3.8, 4) is 0 Å². The van der Waals surface area contributed by atoms with Gasteiger partial charge in [-0.25, -0.2) is 0 Å². The largest absolute Gasteiger partial charge is 0.392 e. The number of fused-ring (bicyclic) bond motifs is 1. The highest BCUT2D eigenvalue weighted by atomic mass is 32.1. The lowest BCUT2D eigenvalue weighted by Gasteiger charge is -2.12. The zero-order valence-electron chi connectivity index (χ0n) is 9.53. The number of rotatable bonds is 3. The van der Waals surface area contributed by atoms with E-state index in [0.29, 0.717) is 18.8 Å². The second-order valence-electron chi connectivity index (χ2n) is 4.07. The van der Waals surface area contributed by atoms with E-state index in [-0.39, 0.29) is 16.9 Å². The fourth-order valence-electron chi connectivity index (χ4n) is 1.66. The third kappa shape index (κ3) is 2.62. The van der Waals surface area contributed by atoms with Crippen molar-refractivity contribution in [2.75, 3.05) is 0 Å². The molecule has 0 aromatic heterocycles. The van der Waals surface area contributed by atoms with Crippen LogP contribution < -0.4 is 11.1 Å². The first-order chi connectivity index (χ1) is 8.08. The molecule has 1 aromatic rings. The number of thiocarbonyl (C=S) groups is 1. The number of hydrogen-bond donors (Lipinski definition) is 2. The fraction of sp³-hybridized carbons (Fsp3) is 0.333. The Bertz CT molecular complexity index is 474. The van der Waals surface area contributed by atoms with E-state index >= 15 is 0 Å². The summed E-state index contributed by atoms with van der Waals surface area (Å²) in [7, 11) is 0. The Balaban J connectivity index is 2.12. The van der Waals surface area contributed by atoms with Gasteiger partial charge in [0, 0.05) is 5.56 Å². The topological polar surface area (TPSA) is 64.3 Å². The van der Waals surface area contributed by atoms with Gasteiger partial charge in [-0.3, -0.25) is 4.79 Å². The first-order valence-corrected chi connectivity index (χ1v) is 5.78. The standard InChI is InChI=1S/C12H14N2O2S/c1-7(11(13)17)14-12(15)8-2-3-9-5-16-6-10(9)4-8/h2-4,7H,5-6H2,1H3,(H2,13,17)(H,14,15). The SMILES string of the molecule is CC(NC(=O)c1ccc2c(c1)COC2)C(N)=S. The summed E-state index contributed by atoms with van der Waals surface area (Å²) in [5, 5.41) is 2.74. The van der Waals surface area contributed by atoms with Crippen LogP contribution in [0.2, 0.25) is 0 Å². The highest BCUT2D eigenvalue weighted by molar-refractivity contribution is 7.80. The molecule has 90 valence electrons. The van der Waals surface area contributed by atoms with Crippen LogP contribution in [-0.2, 0) is 18.0 Å². The second kappa shape index (κ2) is 4.81. The molecule has 0 bridgehead atoms. The first kappa shape index (κ1) is 12.0. The minimum Gasteiger partial charge on any atom is -0.392 e. The molecule has 0 aliphatic carbocycles. The van der Waals surface area contributed by atoms with Crippen molar-refractivity contribution >= 4 is 23.1 Å². The molecular formula is C12H14N2O2S. The normalized spacial score (nSPS) is 15.1. The summed E-state index contributed by atoms with van der Waals surface area (Å²) in [6.07, 6.45) is 0. The molecule has 2 rings (SSSR count). The summed E-state index contributed by atoms with van der Waals surface area (Å²) in [6.45, 7) is 2.96. The van der Waals surface area contributed by atoms with Crippen LogP contribution in [0, 0.1) is 0 Å². The molecule has 0 fully saturated rings. The summed E-state index contributed by atoms with van der Waals surface area (Å²) in [5.41, 5.74) is 8.27. The van der Waals surface area contributed by atoms with Crippen molar-refractivity contribution in [1.29, 1.82) is 0 Å². The van der Waals surface area contributed by atoms with Gasteiger partial charge in [0.25, 0.3) is 5.91 Å². The number of hydrogen-bond acceptors (Lipinski definition) is 3. The molecule has 5 heteroatoms. The van der Waals surface area contributed by atoms with E-state index in [1.807, 2.05) is 12.1 Å². The molecule has 1 heterocycles. The smallest absolute Gasteiger partial charge is 0.251 e. The number of amides is 1. The monoisotopic (exact) mass is 250 g/mol. The highest BCUT2D eigenvalue weighted by Gasteiger charge is 2.16. The van der Waals surface area contributed by atoms with Gasteiger partial charge >= 0.3 is 0 Å². The summed E-state index contributed by atoms with van der Waals surface area (Å²) >= 11 is 4.81. The van der Waals surface area contributed by atoms with Crippen molar-refractivity contribution in [2.24, 2.45) is 5.73 Å². The Hall–Kier alpha value is -1.46. The van der Waals surface area contributed by atoms with Gasteiger partial charge in [0.05, 0.1) is 24.2 Å². The van der Waals surface area contributed by atoms with Gasteiger partial charge in [0.1, 0.15) is 0 Å². The fourth-order valence-corrected chi connectivity index (χ4v) is 1.72. The van der Waals surface area contributed by atoms with E-state index in [1.54, 1.807) is 13.0 Å². The average Bonchev–Trinajstić information content (AvgIpc) is 2.75. The molecule has 0 saturated heterocycles. The van der Waals surface area contributed by atoms with Crippen LogP contribution in [0.1, 0.15) is 28.4 Å². The van der Waals surface area contributed by atoms with E-state index in [4.69, 9.17) is 22.7 Å². The number of nitrogens with two attached hydrogens (primary N) is 1. The van der Waals surface area contributed by atoms with Gasteiger partial charge in [-0.15, -0.1) is 0 Å². The molecule has 0 spiro atoms. The molecule has 1 amide bonds. The van der Waals surface area contributed by atoms with Crippen molar-refractivity contribution in [1.82, 2.24) is 5.32 Å². The second-order valence-corrected chi connectivity index (χ2v) is 4.55. The van der Waals surface area contributed by atoms with Gasteiger partial charge in [0.2, 0.25) is 0 Å². The predicted molar refractivity (Wildman–Crippen MR) is 68.6 cm³/mol. The van der Waals surface area contributed by atoms with Crippen molar-refractivity contribution in [2.45, 2.75) is 26.2 Å². The van der Waals surface area contributed by atoms with Gasteiger partial charge in [-0.05, 0) is 30.2 Å². The minimum atomic E-state index is -0.304. The summed E-state index contributed by atoms with van der Waals surface area (Å²) in [5.74, 6) is -0.167. The third-order valence-electron chi connectivity index (χ3n) is 2.76. The number of carbonyl (C=O) groups is 1. The Morgan fingerprint density at radius 2 is 2.18 bits per heavy atom. The molecule has 1 aliphatic heterocycles. The maximum absolute atomic E-state index is 11.9. The van der Waals surface area contributed by atoms with Gasteiger partial charge < -0.3 is 15.8 Å². The van der Waals surface area contributed by atoms with Crippen LogP contribution in [0.25, 0.3) is 0 Å². The van der Waals surface area contributed by atoms with Crippen molar-refractivity contribution in [3.05, 3.63) is 34.9 Å². The zero-order valence-corrected chi connectivity index (χ0v) is 10.3. The lowest BCUT2D eigenvalue weighted by atomic mass is 10.1. The molecule has 1 aliphatic rings. The van der Waals surface area contributed by atoms with E-state index in [0.717, 1.165) is 11.1 Å². The first-order valence-electron chi connectivity index (χ1n) is 5.37. The third-order valence-corrected chi connectivity index (χ3v) is 3.11. The van der Waals surface area contributed by atoms with Crippen LogP contribution >= 0.6 is 12.2 Å². The number of ether oxygens (including phenoxy) is 1. The summed E-state index contributed by atoms with van der Waals surface area (Å²) in [4.78, 5) is 12.2. The van der Waals surface area contributed by atoms with E-state index < -0.39 is 0 Å². The van der Waals surface area contributed by atoms with Crippen LogP contribution in [0.4, 0.5) is 0 Å². The van der Waals surface area contributed by atoms with Gasteiger partial charge in [-0.1, -0.05) is 18.3 Å². The van der Waals surface area contributed by atoms with Gasteiger partial charge in [0.15, 0.2) is 0 Å². The highest BCUT2D eigenvalue weighted by Crippen LogP contribution is 2.20. The van der Waals surface area contributed by atoms with Crippen LogP contribution in [0.15, 0.2) is 18.2 Å². The Morgan fingerprint density at radius 3 is 2.88 bits per heavy atom. The maximum atomic E-state index is 11.9. The zero-order chi connectivity index (χ0) is 12.4. The maximum Gasteiger partial charge on any atom is 0.251 e. The molecule has 1 aromatic carbocycles. The molecule has 1 atom stereocenters. The molecule has 17 heavy (non-hydrogen) atoms. The van der Waals surface area contributed by atoms with E-state index in [1.165, 1.54) is 0 Å². The van der Waals surface area contributed by atoms with E-state index in [9.17, 15) is 4.79 Å². The van der Waals surface area contributed by atoms with Crippen LogP contribution in [0.3, 0.4) is 0 Å². The quantitative estimate of drug-likeness (QED) is 0.789. The lowest BCUT2D eigenvalue weighted by molar-refractivity contribution is 0.0949. The Kier molecular flexibility index (Phi) is 3.40. The van der Waals surface area contributed by atoms with Crippen molar-refractivity contribution < 1.29 is 9.53 Å². The van der Waals surface area contributed by atoms with Crippen LogP contribution in [-0.4, -0.2) is 16.9 Å². The van der Waals surface area contributed by atoms with Crippen LogP contribution in [0.5, 0.6) is 0 Å². The molecule has 1 unspecified atom stereocenters. The number of nitrogens with one attached hydrogen (secondary N) is 1. The predicted octanol–water partition coefficient (Wildman–Crippen LogP) is 1.12. The lowest BCUT2D eigenvalue weighted by Crippen LogP contribution is -2.41. The Morgan fingerprint density at radius 1 is 1.47 bits per heavy atom. The number of benzene rings is 1. The van der Waals surface area contributed by atoms with Gasteiger partial charge in [-0.2, -0.15) is 0 Å². The van der Waals surface area contributed by atoms with E-state index in [2.05, 4.69) is 5.32 Å². The number of carbonyl (C=O) groups excluding carboxylic acids is 1. The molecular weight excluding hydrogens is 236 g/mol. The molecule has 4 nitrogen and oxygen atoms in total. The van der Waals surface area contributed by atoms with Crippen molar-refractivity contribution in [3.63, 3.8) is 0 Å². The molecule has 0 radical (unpaired) electrons. The minimum absolute atomic E-state index is 0.167. The summed E-state index contributed by atoms with van der Waals surface area (Å²) < 4.78 is 5.30.